The summed E-state index contributed by atoms with van der Waals surface area (Å²) >= 11 is 0. The van der Waals surface area contributed by atoms with E-state index in [-0.39, 0.29) is 0 Å². The molecule has 0 unspecified atom stereocenters. The van der Waals surface area contributed by atoms with E-state index < -0.39 is 0 Å². The van der Waals surface area contributed by atoms with Gasteiger partial charge in [-0.3, -0.25) is 4.99 Å². The number of aliphatic imine (C=N–C) groups is 1. The number of nitrogens with zero attached hydrogens (tertiary/aromatic N) is 1. The molecule has 0 aromatic heterocycles. The van der Waals surface area contributed by atoms with Gasteiger partial charge >= 0.3 is 0 Å². The largest absolute Gasteiger partial charge is 0.398 e. The van der Waals surface area contributed by atoms with E-state index >= 15 is 0 Å². The van der Waals surface area contributed by atoms with E-state index in [0.29, 0.717) is 36.7 Å². The summed E-state index contributed by atoms with van der Waals surface area (Å²) in [4.78, 5) is 4.43. The van der Waals surface area contributed by atoms with Gasteiger partial charge in [0.25, 0.3) is 0 Å². The lowest BCUT2D eigenvalue weighted by molar-refractivity contribution is 0.823. The van der Waals surface area contributed by atoms with Gasteiger partial charge in [0, 0.05) is 31.0 Å². The van der Waals surface area contributed by atoms with E-state index in [1.54, 1.807) is 0 Å². The van der Waals surface area contributed by atoms with Gasteiger partial charge in [-0.25, -0.2) is 0 Å². The highest BCUT2D eigenvalue weighted by atomic mass is 15.0. The molecule has 114 valence electrons. The minimum atomic E-state index is 0.535. The number of nitrogen functional groups attached to an aromatic ring is 1. The Morgan fingerprint density at radius 3 is 2.57 bits per heavy atom. The molecule has 0 aliphatic carbocycles. The number of rotatable bonds is 8. The fourth-order valence-electron chi connectivity index (χ4n) is 1.79. The van der Waals surface area contributed by atoms with Crippen molar-refractivity contribution in [2.75, 3.05) is 30.7 Å². The number of nitrogens with two attached hydrogens (primary N) is 2. The number of aryl methyl sites for hydroxylation is 1. The number of nitrogens with one attached hydrogen (secondary N) is 2. The topological polar surface area (TPSA) is 88.5 Å². The SMILES string of the molecule is C=C(NCCN)/C(=N\CC)C(=C)Nc1ccc(C)c(N)c1. The molecule has 1 aromatic rings. The van der Waals surface area contributed by atoms with Crippen LogP contribution >= 0.6 is 0 Å². The van der Waals surface area contributed by atoms with Crippen LogP contribution in [0.5, 0.6) is 0 Å². The predicted molar refractivity (Wildman–Crippen MR) is 92.5 cm³/mol. The monoisotopic (exact) mass is 287 g/mol. The molecule has 0 amide bonds. The molecular weight excluding hydrogens is 262 g/mol. The molecule has 0 saturated carbocycles. The molecular formula is C16H25N5. The first-order valence-electron chi connectivity index (χ1n) is 6.99. The average molecular weight is 287 g/mol. The quantitative estimate of drug-likeness (QED) is 0.435. The van der Waals surface area contributed by atoms with E-state index in [2.05, 4.69) is 28.8 Å². The number of hydrogen-bond acceptors (Lipinski definition) is 5. The number of anilines is 2. The fraction of sp³-hybridized carbons (Fsp3) is 0.312. The summed E-state index contributed by atoms with van der Waals surface area (Å²) in [5.41, 5.74) is 16.2. The van der Waals surface area contributed by atoms with Gasteiger partial charge < -0.3 is 22.1 Å². The highest BCUT2D eigenvalue weighted by Crippen LogP contribution is 2.19. The Morgan fingerprint density at radius 1 is 1.29 bits per heavy atom. The first kappa shape index (κ1) is 16.8. The third-order valence-corrected chi connectivity index (χ3v) is 2.95. The Kier molecular flexibility index (Phi) is 6.49. The van der Waals surface area contributed by atoms with Crippen molar-refractivity contribution in [2.24, 2.45) is 10.7 Å². The van der Waals surface area contributed by atoms with Crippen LogP contribution in [-0.2, 0) is 0 Å². The molecule has 0 bridgehead atoms. The summed E-state index contributed by atoms with van der Waals surface area (Å²) in [6.07, 6.45) is 0. The maximum absolute atomic E-state index is 5.91. The number of benzene rings is 1. The van der Waals surface area contributed by atoms with Crippen molar-refractivity contribution in [3.63, 3.8) is 0 Å². The van der Waals surface area contributed by atoms with Crippen molar-refractivity contribution in [1.29, 1.82) is 0 Å². The highest BCUT2D eigenvalue weighted by molar-refractivity contribution is 6.12. The smallest absolute Gasteiger partial charge is 0.103 e. The molecule has 0 aliphatic rings. The molecule has 0 aliphatic heterocycles. The zero-order chi connectivity index (χ0) is 15.8. The van der Waals surface area contributed by atoms with Crippen molar-refractivity contribution >= 4 is 17.1 Å². The van der Waals surface area contributed by atoms with Gasteiger partial charge in [-0.1, -0.05) is 19.2 Å². The van der Waals surface area contributed by atoms with Crippen LogP contribution in [0.2, 0.25) is 0 Å². The summed E-state index contributed by atoms with van der Waals surface area (Å²) in [7, 11) is 0. The van der Waals surface area contributed by atoms with E-state index in [1.165, 1.54) is 0 Å². The van der Waals surface area contributed by atoms with Crippen molar-refractivity contribution < 1.29 is 0 Å². The highest BCUT2D eigenvalue weighted by Gasteiger charge is 2.09. The van der Waals surface area contributed by atoms with E-state index in [9.17, 15) is 0 Å². The lowest BCUT2D eigenvalue weighted by atomic mass is 10.1. The summed E-state index contributed by atoms with van der Waals surface area (Å²) < 4.78 is 0. The predicted octanol–water partition coefficient (Wildman–Crippen LogP) is 2.03. The second-order valence-corrected chi connectivity index (χ2v) is 4.69. The molecule has 0 saturated heterocycles. The van der Waals surface area contributed by atoms with Crippen LogP contribution in [0.4, 0.5) is 11.4 Å². The minimum absolute atomic E-state index is 0.535. The Morgan fingerprint density at radius 2 is 2.00 bits per heavy atom. The van der Waals surface area contributed by atoms with Gasteiger partial charge in [0.1, 0.15) is 5.71 Å². The summed E-state index contributed by atoms with van der Waals surface area (Å²) in [5, 5.41) is 6.34. The zero-order valence-electron chi connectivity index (χ0n) is 12.9. The van der Waals surface area contributed by atoms with Crippen molar-refractivity contribution in [3.05, 3.63) is 48.3 Å². The minimum Gasteiger partial charge on any atom is -0.398 e. The third kappa shape index (κ3) is 4.96. The molecule has 1 rings (SSSR count). The summed E-state index contributed by atoms with van der Waals surface area (Å²) in [6, 6.07) is 5.79. The zero-order valence-corrected chi connectivity index (χ0v) is 12.9. The van der Waals surface area contributed by atoms with Crippen LogP contribution in [0.15, 0.2) is 47.7 Å². The van der Waals surface area contributed by atoms with Crippen molar-refractivity contribution in [2.45, 2.75) is 13.8 Å². The molecule has 6 N–H and O–H groups in total. The Labute approximate surface area is 126 Å². The number of hydrogen-bond donors (Lipinski definition) is 4. The van der Waals surface area contributed by atoms with Gasteiger partial charge in [-0.05, 0) is 31.5 Å². The van der Waals surface area contributed by atoms with Gasteiger partial charge in [0.05, 0.1) is 11.4 Å². The molecule has 21 heavy (non-hydrogen) atoms. The molecule has 0 atom stereocenters. The van der Waals surface area contributed by atoms with Gasteiger partial charge in [-0.2, -0.15) is 0 Å². The van der Waals surface area contributed by atoms with E-state index in [4.69, 9.17) is 11.5 Å². The molecule has 0 fully saturated rings. The molecule has 0 radical (unpaired) electrons. The van der Waals surface area contributed by atoms with Crippen LogP contribution < -0.4 is 22.1 Å². The molecule has 0 spiro atoms. The van der Waals surface area contributed by atoms with Crippen molar-refractivity contribution in [1.82, 2.24) is 5.32 Å². The third-order valence-electron chi connectivity index (χ3n) is 2.95. The lowest BCUT2D eigenvalue weighted by Gasteiger charge is -2.16. The van der Waals surface area contributed by atoms with Crippen LogP contribution in [0.1, 0.15) is 12.5 Å². The van der Waals surface area contributed by atoms with E-state index in [0.717, 1.165) is 16.9 Å². The molecule has 5 heteroatoms. The van der Waals surface area contributed by atoms with Crippen LogP contribution in [-0.4, -0.2) is 25.3 Å². The molecule has 5 nitrogen and oxygen atoms in total. The maximum atomic E-state index is 5.91. The Bertz CT molecular complexity index is 546. The standard InChI is InChI=1S/C16H25N5/c1-5-19-16(12(3)20-9-8-17)13(4)21-14-7-6-11(2)15(18)10-14/h6-7,10,20-21H,3-5,8-9,17-18H2,1-2H3/b19-16+. The Balaban J connectivity index is 2.84. The van der Waals surface area contributed by atoms with Crippen LogP contribution in [0.25, 0.3) is 0 Å². The normalized spacial score (nSPS) is 11.1. The summed E-state index contributed by atoms with van der Waals surface area (Å²) in [6.45, 7) is 13.8. The summed E-state index contributed by atoms with van der Waals surface area (Å²) in [5.74, 6) is 0. The second kappa shape index (κ2) is 8.11. The Hall–Kier alpha value is -2.27. The lowest BCUT2D eigenvalue weighted by Crippen LogP contribution is -2.28. The van der Waals surface area contributed by atoms with Crippen molar-refractivity contribution in [3.8, 4) is 0 Å². The van der Waals surface area contributed by atoms with Gasteiger partial charge in [0.2, 0.25) is 0 Å². The molecule has 1 aromatic carbocycles. The van der Waals surface area contributed by atoms with Gasteiger partial charge in [0.15, 0.2) is 0 Å². The second-order valence-electron chi connectivity index (χ2n) is 4.69. The van der Waals surface area contributed by atoms with E-state index in [1.807, 2.05) is 32.0 Å². The van der Waals surface area contributed by atoms with Crippen LogP contribution in [0.3, 0.4) is 0 Å². The maximum Gasteiger partial charge on any atom is 0.103 e. The molecule has 0 heterocycles. The first-order chi connectivity index (χ1) is 9.99. The van der Waals surface area contributed by atoms with Gasteiger partial charge in [-0.15, -0.1) is 0 Å². The van der Waals surface area contributed by atoms with Crippen LogP contribution in [0, 0.1) is 6.92 Å². The fourth-order valence-corrected chi connectivity index (χ4v) is 1.79. The first-order valence-corrected chi connectivity index (χ1v) is 6.99. The average Bonchev–Trinajstić information content (AvgIpc) is 2.46.